The summed E-state index contributed by atoms with van der Waals surface area (Å²) in [5.74, 6) is -0.964. The van der Waals surface area contributed by atoms with E-state index >= 15 is 0 Å². The van der Waals surface area contributed by atoms with Gasteiger partial charge in [-0.3, -0.25) is 4.72 Å². The van der Waals surface area contributed by atoms with Crippen LogP contribution in [0.15, 0.2) is 41.4 Å². The van der Waals surface area contributed by atoms with Crippen LogP contribution < -0.4 is 4.72 Å². The molecule has 2 aromatic rings. The quantitative estimate of drug-likeness (QED) is 0.894. The van der Waals surface area contributed by atoms with Gasteiger partial charge in [0.05, 0.1) is 16.7 Å². The summed E-state index contributed by atoms with van der Waals surface area (Å²) < 4.78 is 38.9. The summed E-state index contributed by atoms with van der Waals surface area (Å²) in [6, 6.07) is 7.17. The van der Waals surface area contributed by atoms with Crippen molar-refractivity contribution in [1.29, 1.82) is 5.26 Å². The minimum Gasteiger partial charge on any atom is -0.507 e. The van der Waals surface area contributed by atoms with Gasteiger partial charge in [-0.05, 0) is 30.3 Å². The molecule has 2 N–H and O–H groups in total. The van der Waals surface area contributed by atoms with Crippen molar-refractivity contribution in [2.24, 2.45) is 0 Å². The van der Waals surface area contributed by atoms with Crippen molar-refractivity contribution in [2.75, 3.05) is 4.72 Å². The minimum atomic E-state index is -3.97. The summed E-state index contributed by atoms with van der Waals surface area (Å²) in [6.07, 6.45) is 0.870. The molecule has 0 fully saturated rings. The summed E-state index contributed by atoms with van der Waals surface area (Å²) in [4.78, 5) is 3.36. The summed E-state index contributed by atoms with van der Waals surface area (Å²) >= 11 is 0. The van der Waals surface area contributed by atoms with E-state index in [-0.39, 0.29) is 22.0 Å². The molecular weight excluding hydrogens is 285 g/mol. The molecule has 1 aromatic carbocycles. The first-order chi connectivity index (χ1) is 9.42. The van der Waals surface area contributed by atoms with E-state index in [4.69, 9.17) is 5.26 Å². The van der Waals surface area contributed by atoms with Crippen molar-refractivity contribution in [1.82, 2.24) is 4.98 Å². The second-order valence-corrected chi connectivity index (χ2v) is 5.44. The van der Waals surface area contributed by atoms with Gasteiger partial charge in [0.1, 0.15) is 23.5 Å². The summed E-state index contributed by atoms with van der Waals surface area (Å²) in [7, 11) is -3.97. The van der Waals surface area contributed by atoms with Crippen LogP contribution in [-0.2, 0) is 10.0 Å². The van der Waals surface area contributed by atoms with E-state index in [9.17, 15) is 17.9 Å². The van der Waals surface area contributed by atoms with Gasteiger partial charge in [0.25, 0.3) is 10.0 Å². The fraction of sp³-hybridized carbons (Fsp3) is 0. The molecule has 0 aliphatic carbocycles. The zero-order valence-electron chi connectivity index (χ0n) is 9.91. The number of hydrogen-bond donors (Lipinski definition) is 2. The number of anilines is 1. The van der Waals surface area contributed by atoms with Crippen molar-refractivity contribution in [3.63, 3.8) is 0 Å². The fourth-order valence-electron chi connectivity index (χ4n) is 1.40. The number of phenolic OH excluding ortho intramolecular Hbond substituents is 1. The number of nitrogens with zero attached hydrogens (tertiary/aromatic N) is 2. The lowest BCUT2D eigenvalue weighted by molar-refractivity contribution is 0.473. The average Bonchev–Trinajstić information content (AvgIpc) is 2.41. The molecule has 1 aromatic heterocycles. The number of rotatable bonds is 3. The molecule has 0 radical (unpaired) electrons. The van der Waals surface area contributed by atoms with Gasteiger partial charge in [-0.25, -0.2) is 17.8 Å². The molecule has 8 heteroatoms. The van der Waals surface area contributed by atoms with Crippen LogP contribution in [0, 0.1) is 17.1 Å². The first kappa shape index (κ1) is 13.8. The van der Waals surface area contributed by atoms with E-state index in [1.807, 2.05) is 0 Å². The number of phenols is 1. The van der Waals surface area contributed by atoms with Gasteiger partial charge in [0.2, 0.25) is 0 Å². The normalized spacial score (nSPS) is 10.8. The SMILES string of the molecule is N#Cc1cc(S(=O)(=O)Nc2ccc(F)cn2)ccc1O. The van der Waals surface area contributed by atoms with E-state index in [1.54, 1.807) is 6.07 Å². The van der Waals surface area contributed by atoms with Gasteiger partial charge >= 0.3 is 0 Å². The van der Waals surface area contributed by atoms with Crippen molar-refractivity contribution in [3.8, 4) is 11.8 Å². The van der Waals surface area contributed by atoms with E-state index in [1.165, 1.54) is 6.07 Å². The Hall–Kier alpha value is -2.66. The lowest BCUT2D eigenvalue weighted by Gasteiger charge is -2.07. The van der Waals surface area contributed by atoms with Crippen molar-refractivity contribution >= 4 is 15.8 Å². The van der Waals surface area contributed by atoms with E-state index in [0.29, 0.717) is 0 Å². The van der Waals surface area contributed by atoms with Crippen LogP contribution in [0.1, 0.15) is 5.56 Å². The summed E-state index contributed by atoms with van der Waals surface area (Å²) in [5.41, 5.74) is -0.167. The number of benzene rings is 1. The number of aromatic nitrogens is 1. The Kier molecular flexibility index (Phi) is 3.54. The average molecular weight is 293 g/mol. The molecule has 0 amide bonds. The molecular formula is C12H8FN3O3S. The van der Waals surface area contributed by atoms with Crippen molar-refractivity contribution in [2.45, 2.75) is 4.90 Å². The Balaban J connectivity index is 2.36. The molecule has 0 unspecified atom stereocenters. The molecule has 0 bridgehead atoms. The lowest BCUT2D eigenvalue weighted by atomic mass is 10.2. The van der Waals surface area contributed by atoms with E-state index in [2.05, 4.69) is 9.71 Å². The highest BCUT2D eigenvalue weighted by Crippen LogP contribution is 2.21. The molecule has 1 heterocycles. The van der Waals surface area contributed by atoms with E-state index in [0.717, 1.165) is 30.5 Å². The van der Waals surface area contributed by atoms with Gasteiger partial charge < -0.3 is 5.11 Å². The van der Waals surface area contributed by atoms with Crippen LogP contribution in [0.25, 0.3) is 0 Å². The second kappa shape index (κ2) is 5.14. The predicted molar refractivity (Wildman–Crippen MR) is 67.8 cm³/mol. The van der Waals surface area contributed by atoms with Crippen LogP contribution in [-0.4, -0.2) is 18.5 Å². The first-order valence-electron chi connectivity index (χ1n) is 5.30. The number of aromatic hydroxyl groups is 1. The van der Waals surface area contributed by atoms with Crippen LogP contribution in [0.4, 0.5) is 10.2 Å². The van der Waals surface area contributed by atoms with E-state index < -0.39 is 15.8 Å². The molecule has 6 nitrogen and oxygen atoms in total. The van der Waals surface area contributed by atoms with Crippen LogP contribution in [0.5, 0.6) is 5.75 Å². The van der Waals surface area contributed by atoms with Gasteiger partial charge in [-0.15, -0.1) is 0 Å². The summed E-state index contributed by atoms with van der Waals surface area (Å²) in [6.45, 7) is 0. The Morgan fingerprint density at radius 1 is 1.30 bits per heavy atom. The molecule has 0 saturated carbocycles. The third-order valence-electron chi connectivity index (χ3n) is 2.37. The van der Waals surface area contributed by atoms with Gasteiger partial charge in [-0.1, -0.05) is 0 Å². The Labute approximate surface area is 114 Å². The van der Waals surface area contributed by atoms with Crippen LogP contribution in [0.3, 0.4) is 0 Å². The molecule has 0 aliphatic rings. The third-order valence-corrected chi connectivity index (χ3v) is 3.72. The Morgan fingerprint density at radius 3 is 2.65 bits per heavy atom. The summed E-state index contributed by atoms with van der Waals surface area (Å²) in [5, 5.41) is 18.1. The van der Waals surface area contributed by atoms with Gasteiger partial charge in [0, 0.05) is 0 Å². The number of nitrogens with one attached hydrogen (secondary N) is 1. The zero-order valence-corrected chi connectivity index (χ0v) is 10.7. The van der Waals surface area contributed by atoms with Crippen LogP contribution >= 0.6 is 0 Å². The van der Waals surface area contributed by atoms with Crippen molar-refractivity contribution in [3.05, 3.63) is 47.9 Å². The van der Waals surface area contributed by atoms with Crippen molar-refractivity contribution < 1.29 is 17.9 Å². The number of nitriles is 1. The highest BCUT2D eigenvalue weighted by atomic mass is 32.2. The monoisotopic (exact) mass is 293 g/mol. The third kappa shape index (κ3) is 2.84. The molecule has 2 rings (SSSR count). The number of hydrogen-bond acceptors (Lipinski definition) is 5. The predicted octanol–water partition coefficient (Wildman–Crippen LogP) is 1.60. The van der Waals surface area contributed by atoms with Crippen LogP contribution in [0.2, 0.25) is 0 Å². The highest BCUT2D eigenvalue weighted by molar-refractivity contribution is 7.92. The number of pyridine rings is 1. The molecule has 20 heavy (non-hydrogen) atoms. The standard InChI is InChI=1S/C12H8FN3O3S/c13-9-1-4-12(15-7-9)16-20(18,19)10-2-3-11(17)8(5-10)6-14/h1-5,7,17H,(H,15,16). The molecule has 102 valence electrons. The highest BCUT2D eigenvalue weighted by Gasteiger charge is 2.16. The second-order valence-electron chi connectivity index (χ2n) is 3.76. The molecule has 0 atom stereocenters. The molecule has 0 spiro atoms. The number of halogens is 1. The smallest absolute Gasteiger partial charge is 0.263 e. The Bertz CT molecular complexity index is 783. The minimum absolute atomic E-state index is 0.0574. The zero-order chi connectivity index (χ0) is 14.8. The first-order valence-corrected chi connectivity index (χ1v) is 6.78. The molecule has 0 saturated heterocycles. The lowest BCUT2D eigenvalue weighted by Crippen LogP contribution is -2.14. The van der Waals surface area contributed by atoms with Gasteiger partial charge in [0.15, 0.2) is 0 Å². The molecule has 0 aliphatic heterocycles. The number of sulfonamides is 1. The largest absolute Gasteiger partial charge is 0.507 e. The Morgan fingerprint density at radius 2 is 2.05 bits per heavy atom. The maximum Gasteiger partial charge on any atom is 0.263 e. The maximum absolute atomic E-state index is 12.7. The topological polar surface area (TPSA) is 103 Å². The fourth-order valence-corrected chi connectivity index (χ4v) is 2.44. The maximum atomic E-state index is 12.7. The van der Waals surface area contributed by atoms with Gasteiger partial charge in [-0.2, -0.15) is 5.26 Å².